The molecule has 2 amide bonds. The zero-order valence-corrected chi connectivity index (χ0v) is 30.6. The third kappa shape index (κ3) is 12.6. The Kier molecular flexibility index (Phi) is 14.8. The molecule has 0 unspecified atom stereocenters. The number of unbranched alkanes of at least 4 members (excludes halogenated alkanes) is 3. The van der Waals surface area contributed by atoms with Crippen molar-refractivity contribution >= 4 is 50.4 Å². The molecule has 2 aromatic carbocycles. The molecule has 268 valence electrons. The Hall–Kier alpha value is -3.74. The number of carbonyl (C=O) groups is 3. The van der Waals surface area contributed by atoms with Crippen molar-refractivity contribution in [2.24, 2.45) is 0 Å². The van der Waals surface area contributed by atoms with Crippen LogP contribution in [0.2, 0.25) is 5.02 Å². The van der Waals surface area contributed by atoms with Crippen molar-refractivity contribution in [1.82, 2.24) is 14.8 Å². The highest BCUT2D eigenvalue weighted by Gasteiger charge is 2.21. The molecule has 1 N–H and O–H groups in total. The van der Waals surface area contributed by atoms with Gasteiger partial charge in [0.2, 0.25) is 11.3 Å². The van der Waals surface area contributed by atoms with E-state index in [4.69, 9.17) is 16.3 Å². The molecule has 49 heavy (non-hydrogen) atoms. The minimum atomic E-state index is -3.61. The van der Waals surface area contributed by atoms with Crippen LogP contribution in [0.4, 0.5) is 0 Å². The largest absolute Gasteiger partial charge is 0.466 e. The Morgan fingerprint density at radius 1 is 0.939 bits per heavy atom. The van der Waals surface area contributed by atoms with E-state index in [2.05, 4.69) is 9.50 Å². The minimum Gasteiger partial charge on any atom is -0.466 e. The number of carbonyl (C=O) groups excluding carboxylic acids is 3. The first-order chi connectivity index (χ1) is 23.1. The molecule has 11 nitrogen and oxygen atoms in total. The Bertz CT molecular complexity index is 1770. The highest BCUT2D eigenvalue weighted by molar-refractivity contribution is 7.86. The number of esters is 1. The Labute approximate surface area is 294 Å². The number of amides is 2. The standard InChI is InChI=1S/C36H48ClN3O8S/c1-36(2,3)40-25-30(35(44)38-24-27-14-17-28(37)18-15-27)34(43)29-23-26(16-19-31(29)40)11-10-21-48-33(42)13-9-7-6-8-12-32(41)39(4)20-22-49(45,46)47-5/h14-19,23,25H,6-13,20-22,24H2,1-5H3,(H,38,44). The van der Waals surface area contributed by atoms with Crippen LogP contribution in [0, 0.1) is 0 Å². The van der Waals surface area contributed by atoms with Crippen LogP contribution in [0.25, 0.3) is 10.9 Å². The molecular weight excluding hydrogens is 670 g/mol. The number of nitrogens with one attached hydrogen (secondary N) is 1. The highest BCUT2D eigenvalue weighted by Crippen LogP contribution is 2.23. The van der Waals surface area contributed by atoms with Gasteiger partial charge in [0, 0.05) is 55.1 Å². The number of rotatable bonds is 18. The molecule has 0 aliphatic carbocycles. The van der Waals surface area contributed by atoms with Gasteiger partial charge in [-0.2, -0.15) is 8.42 Å². The summed E-state index contributed by atoms with van der Waals surface area (Å²) in [5.41, 5.74) is 1.83. The minimum absolute atomic E-state index is 0.0666. The van der Waals surface area contributed by atoms with Gasteiger partial charge in [-0.15, -0.1) is 0 Å². The first-order valence-corrected chi connectivity index (χ1v) is 18.5. The van der Waals surface area contributed by atoms with Gasteiger partial charge in [-0.1, -0.05) is 42.6 Å². The molecule has 0 spiro atoms. The van der Waals surface area contributed by atoms with Crippen LogP contribution in [0.3, 0.4) is 0 Å². The summed E-state index contributed by atoms with van der Waals surface area (Å²) in [4.78, 5) is 52.6. The number of pyridine rings is 1. The van der Waals surface area contributed by atoms with Crippen molar-refractivity contribution in [3.05, 3.63) is 80.6 Å². The molecule has 0 saturated carbocycles. The Morgan fingerprint density at radius 2 is 1.59 bits per heavy atom. The SMILES string of the molecule is COS(=O)(=O)CCN(C)C(=O)CCCCCCC(=O)OCCCc1ccc2c(c1)c(=O)c(C(=O)NCc1ccc(Cl)cc1)cn2C(C)(C)C. The quantitative estimate of drug-likeness (QED) is 0.102. The Balaban J connectivity index is 1.46. The second-order valence-corrected chi connectivity index (χ2v) is 15.3. The molecule has 0 bridgehead atoms. The summed E-state index contributed by atoms with van der Waals surface area (Å²) < 4.78 is 34.6. The van der Waals surface area contributed by atoms with Crippen LogP contribution in [-0.2, 0) is 47.1 Å². The fourth-order valence-corrected chi connectivity index (χ4v) is 6.00. The molecular formula is C36H48ClN3O8S. The molecule has 13 heteroatoms. The summed E-state index contributed by atoms with van der Waals surface area (Å²) in [6.45, 7) is 6.62. The van der Waals surface area contributed by atoms with E-state index in [1.54, 1.807) is 25.4 Å². The number of hydrogen-bond acceptors (Lipinski definition) is 8. The van der Waals surface area contributed by atoms with E-state index in [9.17, 15) is 27.6 Å². The number of benzene rings is 2. The van der Waals surface area contributed by atoms with Crippen molar-refractivity contribution in [1.29, 1.82) is 0 Å². The smallest absolute Gasteiger partial charge is 0.305 e. The van der Waals surface area contributed by atoms with Gasteiger partial charge in [-0.05, 0) is 81.8 Å². The number of hydrogen-bond donors (Lipinski definition) is 1. The maximum absolute atomic E-state index is 13.6. The number of aryl methyl sites for hydroxylation is 1. The lowest BCUT2D eigenvalue weighted by molar-refractivity contribution is -0.143. The normalized spacial score (nSPS) is 11.8. The van der Waals surface area contributed by atoms with Crippen LogP contribution in [0.5, 0.6) is 0 Å². The predicted octanol–water partition coefficient (Wildman–Crippen LogP) is 5.59. The van der Waals surface area contributed by atoms with Crippen LogP contribution in [0.1, 0.15) is 87.2 Å². The second kappa shape index (κ2) is 18.3. The highest BCUT2D eigenvalue weighted by atomic mass is 35.5. The summed E-state index contributed by atoms with van der Waals surface area (Å²) in [5, 5.41) is 3.91. The topological polar surface area (TPSA) is 141 Å². The van der Waals surface area contributed by atoms with Gasteiger partial charge in [0.15, 0.2) is 0 Å². The average Bonchev–Trinajstić information content (AvgIpc) is 3.06. The molecule has 1 aromatic heterocycles. The van der Waals surface area contributed by atoms with E-state index >= 15 is 0 Å². The average molecular weight is 718 g/mol. The third-order valence-electron chi connectivity index (χ3n) is 8.15. The number of ether oxygens (including phenoxy) is 1. The lowest BCUT2D eigenvalue weighted by Gasteiger charge is -2.26. The monoisotopic (exact) mass is 717 g/mol. The van der Waals surface area contributed by atoms with Gasteiger partial charge < -0.3 is 19.5 Å². The molecule has 0 saturated heterocycles. The lowest BCUT2D eigenvalue weighted by atomic mass is 10.0. The summed E-state index contributed by atoms with van der Waals surface area (Å²) >= 11 is 5.96. The van der Waals surface area contributed by atoms with Gasteiger partial charge in [-0.25, -0.2) is 0 Å². The van der Waals surface area contributed by atoms with E-state index in [0.29, 0.717) is 42.5 Å². The molecule has 3 rings (SSSR count). The van der Waals surface area contributed by atoms with Crippen LogP contribution in [-0.4, -0.2) is 68.7 Å². The predicted molar refractivity (Wildman–Crippen MR) is 191 cm³/mol. The van der Waals surface area contributed by atoms with Gasteiger partial charge in [-0.3, -0.25) is 23.4 Å². The number of aromatic nitrogens is 1. The third-order valence-corrected chi connectivity index (χ3v) is 9.59. The van der Waals surface area contributed by atoms with E-state index in [-0.39, 0.29) is 54.7 Å². The summed E-state index contributed by atoms with van der Waals surface area (Å²) in [6, 6.07) is 12.8. The number of fused-ring (bicyclic) bond motifs is 1. The van der Waals surface area contributed by atoms with Gasteiger partial charge in [0.05, 0.1) is 25.0 Å². The summed E-state index contributed by atoms with van der Waals surface area (Å²) in [5.74, 6) is -1.11. The summed E-state index contributed by atoms with van der Waals surface area (Å²) in [7, 11) is -0.947. The van der Waals surface area contributed by atoms with Crippen molar-refractivity contribution < 1.29 is 31.7 Å². The van der Waals surface area contributed by atoms with Crippen molar-refractivity contribution in [2.45, 2.75) is 84.2 Å². The van der Waals surface area contributed by atoms with Crippen molar-refractivity contribution in [2.75, 3.05) is 33.1 Å². The second-order valence-electron chi connectivity index (χ2n) is 13.1. The fourth-order valence-electron chi connectivity index (χ4n) is 5.21. The van der Waals surface area contributed by atoms with Gasteiger partial charge in [0.1, 0.15) is 5.56 Å². The Morgan fingerprint density at radius 3 is 2.24 bits per heavy atom. The molecule has 0 aliphatic rings. The molecule has 0 radical (unpaired) electrons. The maximum Gasteiger partial charge on any atom is 0.305 e. The van der Waals surface area contributed by atoms with Crippen LogP contribution >= 0.6 is 11.6 Å². The van der Waals surface area contributed by atoms with E-state index < -0.39 is 21.6 Å². The fraction of sp³-hybridized carbons (Fsp3) is 0.500. The van der Waals surface area contributed by atoms with E-state index in [1.807, 2.05) is 55.7 Å². The molecule has 1 heterocycles. The molecule has 0 fully saturated rings. The zero-order chi connectivity index (χ0) is 36.2. The van der Waals surface area contributed by atoms with Crippen LogP contribution < -0.4 is 10.7 Å². The van der Waals surface area contributed by atoms with E-state index in [1.165, 1.54) is 4.90 Å². The van der Waals surface area contributed by atoms with Crippen molar-refractivity contribution in [3.63, 3.8) is 0 Å². The first-order valence-electron chi connectivity index (χ1n) is 16.5. The molecule has 3 aromatic rings. The van der Waals surface area contributed by atoms with Gasteiger partial charge >= 0.3 is 5.97 Å². The maximum atomic E-state index is 13.6. The zero-order valence-electron chi connectivity index (χ0n) is 29.1. The van der Waals surface area contributed by atoms with Crippen molar-refractivity contribution in [3.8, 4) is 0 Å². The number of halogens is 1. The first kappa shape index (κ1) is 39.7. The lowest BCUT2D eigenvalue weighted by Crippen LogP contribution is -2.32. The molecule has 0 aliphatic heterocycles. The van der Waals surface area contributed by atoms with Crippen LogP contribution in [0.15, 0.2) is 53.5 Å². The van der Waals surface area contributed by atoms with Gasteiger partial charge in [0.25, 0.3) is 16.0 Å². The molecule has 0 atom stereocenters. The number of nitrogens with zero attached hydrogens (tertiary/aromatic N) is 2. The summed E-state index contributed by atoms with van der Waals surface area (Å²) in [6.07, 6.45) is 6.23. The van der Waals surface area contributed by atoms with E-state index in [0.717, 1.165) is 36.6 Å².